The zero-order valence-electron chi connectivity index (χ0n) is 13.2. The van der Waals surface area contributed by atoms with Gasteiger partial charge in [-0.1, -0.05) is 13.8 Å². The van der Waals surface area contributed by atoms with Gasteiger partial charge in [-0.3, -0.25) is 14.6 Å². The molecule has 1 aromatic rings. The summed E-state index contributed by atoms with van der Waals surface area (Å²) in [6.45, 7) is 4.48. The van der Waals surface area contributed by atoms with Crippen LogP contribution in [0.4, 0.5) is 0 Å². The highest BCUT2D eigenvalue weighted by Gasteiger charge is 2.30. The van der Waals surface area contributed by atoms with Crippen molar-refractivity contribution in [1.82, 2.24) is 15.2 Å². The van der Waals surface area contributed by atoms with Crippen LogP contribution in [0.5, 0.6) is 0 Å². The SMILES string of the molecule is CC(C)[C@H](N)C(=O)NCC(=O)N1CCCC1c1ccncc1. The Morgan fingerprint density at radius 3 is 2.73 bits per heavy atom. The van der Waals surface area contributed by atoms with Gasteiger partial charge in [0, 0.05) is 18.9 Å². The number of hydrogen-bond acceptors (Lipinski definition) is 4. The van der Waals surface area contributed by atoms with Crippen molar-refractivity contribution in [3.8, 4) is 0 Å². The number of amides is 2. The van der Waals surface area contributed by atoms with Gasteiger partial charge < -0.3 is 16.0 Å². The van der Waals surface area contributed by atoms with Crippen LogP contribution in [0.1, 0.15) is 38.3 Å². The summed E-state index contributed by atoms with van der Waals surface area (Å²) in [6, 6.07) is 3.36. The first-order chi connectivity index (χ1) is 10.5. The Labute approximate surface area is 131 Å². The second-order valence-corrected chi connectivity index (χ2v) is 6.01. The van der Waals surface area contributed by atoms with Gasteiger partial charge in [0.25, 0.3) is 0 Å². The molecule has 1 aromatic heterocycles. The average Bonchev–Trinajstić information content (AvgIpc) is 3.01. The fourth-order valence-corrected chi connectivity index (χ4v) is 2.68. The highest BCUT2D eigenvalue weighted by molar-refractivity contribution is 5.87. The largest absolute Gasteiger partial charge is 0.346 e. The van der Waals surface area contributed by atoms with Crippen molar-refractivity contribution in [2.75, 3.05) is 13.1 Å². The van der Waals surface area contributed by atoms with E-state index in [2.05, 4.69) is 10.3 Å². The Hall–Kier alpha value is -1.95. The first-order valence-electron chi connectivity index (χ1n) is 7.73. The van der Waals surface area contributed by atoms with Gasteiger partial charge in [-0.25, -0.2) is 0 Å². The molecule has 2 atom stereocenters. The summed E-state index contributed by atoms with van der Waals surface area (Å²) in [6.07, 6.45) is 5.38. The summed E-state index contributed by atoms with van der Waals surface area (Å²) < 4.78 is 0. The molecular weight excluding hydrogens is 280 g/mol. The van der Waals surface area contributed by atoms with Crippen molar-refractivity contribution >= 4 is 11.8 Å². The van der Waals surface area contributed by atoms with Crippen LogP contribution in [0.2, 0.25) is 0 Å². The minimum absolute atomic E-state index is 0.000830. The minimum Gasteiger partial charge on any atom is -0.346 e. The maximum Gasteiger partial charge on any atom is 0.242 e. The van der Waals surface area contributed by atoms with Crippen LogP contribution >= 0.6 is 0 Å². The number of rotatable bonds is 5. The summed E-state index contributed by atoms with van der Waals surface area (Å²) in [7, 11) is 0. The third-order valence-corrected chi connectivity index (χ3v) is 4.10. The zero-order valence-corrected chi connectivity index (χ0v) is 13.2. The van der Waals surface area contributed by atoms with Crippen molar-refractivity contribution in [2.24, 2.45) is 11.7 Å². The normalized spacial score (nSPS) is 19.3. The molecular formula is C16H24N4O2. The Morgan fingerprint density at radius 2 is 2.09 bits per heavy atom. The molecule has 0 radical (unpaired) electrons. The number of nitrogens with two attached hydrogens (primary N) is 1. The molecule has 6 nitrogen and oxygen atoms in total. The van der Waals surface area contributed by atoms with E-state index >= 15 is 0 Å². The molecule has 1 aliphatic rings. The van der Waals surface area contributed by atoms with Gasteiger partial charge >= 0.3 is 0 Å². The first-order valence-corrected chi connectivity index (χ1v) is 7.73. The maximum absolute atomic E-state index is 12.4. The number of carbonyl (C=O) groups is 2. The molecule has 3 N–H and O–H groups in total. The smallest absolute Gasteiger partial charge is 0.242 e. The van der Waals surface area contributed by atoms with E-state index in [0.29, 0.717) is 0 Å². The van der Waals surface area contributed by atoms with E-state index < -0.39 is 6.04 Å². The summed E-state index contributed by atoms with van der Waals surface area (Å²) in [4.78, 5) is 30.1. The molecule has 0 spiro atoms. The van der Waals surface area contributed by atoms with Crippen molar-refractivity contribution in [3.63, 3.8) is 0 Å². The summed E-state index contributed by atoms with van der Waals surface area (Å²) in [5.74, 6) is -0.293. The molecule has 2 rings (SSSR count). The predicted octanol–water partition coefficient (Wildman–Crippen LogP) is 0.845. The van der Waals surface area contributed by atoms with Crippen LogP contribution in [-0.4, -0.2) is 40.8 Å². The van der Waals surface area contributed by atoms with Gasteiger partial charge in [0.05, 0.1) is 18.6 Å². The third-order valence-electron chi connectivity index (χ3n) is 4.10. The molecule has 2 amide bonds. The van der Waals surface area contributed by atoms with Gasteiger partial charge in [-0.2, -0.15) is 0 Å². The Bertz CT molecular complexity index is 518. The Morgan fingerprint density at radius 1 is 1.41 bits per heavy atom. The molecule has 0 bridgehead atoms. The Balaban J connectivity index is 1.93. The number of carbonyl (C=O) groups excluding carboxylic acids is 2. The van der Waals surface area contributed by atoms with Crippen molar-refractivity contribution in [1.29, 1.82) is 0 Å². The quantitative estimate of drug-likeness (QED) is 0.844. The Kier molecular flexibility index (Phi) is 5.49. The van der Waals surface area contributed by atoms with Crippen LogP contribution in [0, 0.1) is 5.92 Å². The molecule has 22 heavy (non-hydrogen) atoms. The van der Waals surface area contributed by atoms with Crippen LogP contribution in [0.25, 0.3) is 0 Å². The number of hydrogen-bond donors (Lipinski definition) is 2. The lowest BCUT2D eigenvalue weighted by Gasteiger charge is -2.25. The van der Waals surface area contributed by atoms with Crippen LogP contribution in [0.3, 0.4) is 0 Å². The first kappa shape index (κ1) is 16.4. The number of pyridine rings is 1. The average molecular weight is 304 g/mol. The fraction of sp³-hybridized carbons (Fsp3) is 0.562. The zero-order chi connectivity index (χ0) is 16.1. The fourth-order valence-electron chi connectivity index (χ4n) is 2.68. The van der Waals surface area contributed by atoms with E-state index in [0.717, 1.165) is 24.9 Å². The lowest BCUT2D eigenvalue weighted by Crippen LogP contribution is -2.47. The van der Waals surface area contributed by atoms with Crippen molar-refractivity contribution in [2.45, 2.75) is 38.8 Å². The minimum atomic E-state index is -0.581. The standard InChI is InChI=1S/C16H24N4O2/c1-11(2)15(17)16(22)19-10-14(21)20-9-3-4-13(20)12-5-7-18-8-6-12/h5-8,11,13,15H,3-4,9-10,17H2,1-2H3,(H,19,22)/t13?,15-/m0/s1. The predicted molar refractivity (Wildman–Crippen MR) is 83.7 cm³/mol. The second kappa shape index (κ2) is 7.35. The summed E-state index contributed by atoms with van der Waals surface area (Å²) in [5.41, 5.74) is 6.86. The monoisotopic (exact) mass is 304 g/mol. The molecule has 120 valence electrons. The van der Waals surface area contributed by atoms with Gasteiger partial charge in [-0.15, -0.1) is 0 Å². The maximum atomic E-state index is 12.4. The van der Waals surface area contributed by atoms with E-state index in [4.69, 9.17) is 5.73 Å². The molecule has 1 fully saturated rings. The number of nitrogens with zero attached hydrogens (tertiary/aromatic N) is 2. The topological polar surface area (TPSA) is 88.3 Å². The van der Waals surface area contributed by atoms with Crippen molar-refractivity contribution in [3.05, 3.63) is 30.1 Å². The van der Waals surface area contributed by atoms with E-state index in [1.165, 1.54) is 0 Å². The third kappa shape index (κ3) is 3.82. The summed E-state index contributed by atoms with van der Waals surface area (Å²) >= 11 is 0. The molecule has 1 unspecified atom stereocenters. The molecule has 6 heteroatoms. The molecule has 0 saturated carbocycles. The molecule has 0 aromatic carbocycles. The highest BCUT2D eigenvalue weighted by atomic mass is 16.2. The highest BCUT2D eigenvalue weighted by Crippen LogP contribution is 2.31. The molecule has 1 aliphatic heterocycles. The van der Waals surface area contributed by atoms with E-state index in [1.807, 2.05) is 30.9 Å². The van der Waals surface area contributed by atoms with Gasteiger partial charge in [0.1, 0.15) is 0 Å². The molecule has 0 aliphatic carbocycles. The van der Waals surface area contributed by atoms with Crippen LogP contribution in [-0.2, 0) is 9.59 Å². The van der Waals surface area contributed by atoms with Crippen molar-refractivity contribution < 1.29 is 9.59 Å². The van der Waals surface area contributed by atoms with E-state index in [-0.39, 0.29) is 30.3 Å². The summed E-state index contributed by atoms with van der Waals surface area (Å²) in [5, 5.41) is 2.64. The van der Waals surface area contributed by atoms with E-state index in [1.54, 1.807) is 12.4 Å². The molecule has 1 saturated heterocycles. The van der Waals surface area contributed by atoms with E-state index in [9.17, 15) is 9.59 Å². The van der Waals surface area contributed by atoms with Gasteiger partial charge in [0.15, 0.2) is 0 Å². The number of likely N-dealkylation sites (tertiary alicyclic amines) is 1. The van der Waals surface area contributed by atoms with Gasteiger partial charge in [0.2, 0.25) is 11.8 Å². The van der Waals surface area contributed by atoms with Crippen LogP contribution < -0.4 is 11.1 Å². The van der Waals surface area contributed by atoms with Gasteiger partial charge in [-0.05, 0) is 36.5 Å². The lowest BCUT2D eigenvalue weighted by molar-refractivity contribution is -0.134. The number of nitrogens with one attached hydrogen (secondary N) is 1. The number of aromatic nitrogens is 1. The second-order valence-electron chi connectivity index (χ2n) is 6.01. The lowest BCUT2D eigenvalue weighted by atomic mass is 10.1. The molecule has 2 heterocycles. The van der Waals surface area contributed by atoms with Crippen LogP contribution in [0.15, 0.2) is 24.5 Å².